The van der Waals surface area contributed by atoms with Gasteiger partial charge in [0, 0.05) is 38.8 Å². The van der Waals surface area contributed by atoms with E-state index in [2.05, 4.69) is 11.8 Å². The third-order valence-electron chi connectivity index (χ3n) is 4.75. The van der Waals surface area contributed by atoms with Gasteiger partial charge in [-0.2, -0.15) is 0 Å². The maximum atomic E-state index is 12.3. The van der Waals surface area contributed by atoms with Gasteiger partial charge in [-0.3, -0.25) is 9.69 Å². The number of nitrogens with zero attached hydrogens (tertiary/aromatic N) is 2. The number of carbonyl (C=O) groups is 1. The highest BCUT2D eigenvalue weighted by Crippen LogP contribution is 2.25. The first kappa shape index (κ1) is 16.7. The van der Waals surface area contributed by atoms with Gasteiger partial charge >= 0.3 is 0 Å². The van der Waals surface area contributed by atoms with Crippen molar-refractivity contribution >= 4 is 5.91 Å². The smallest absolute Gasteiger partial charge is 0.251 e. The van der Waals surface area contributed by atoms with Crippen LogP contribution in [0.4, 0.5) is 0 Å². The lowest BCUT2D eigenvalue weighted by atomic mass is 10.1. The fraction of sp³-hybridized carbons (Fsp3) is 0.938. The van der Waals surface area contributed by atoms with Crippen molar-refractivity contribution in [1.29, 1.82) is 0 Å². The highest BCUT2D eigenvalue weighted by molar-refractivity contribution is 5.80. The second kappa shape index (κ2) is 8.11. The Hall–Kier alpha value is -0.650. The summed E-state index contributed by atoms with van der Waals surface area (Å²) in [4.78, 5) is 16.6. The molecule has 0 aromatic heterocycles. The van der Waals surface area contributed by atoms with Gasteiger partial charge in [-0.15, -0.1) is 0 Å². The summed E-state index contributed by atoms with van der Waals surface area (Å²) >= 11 is 0. The number of aliphatic hydroxyl groups is 1. The molecule has 1 N–H and O–H groups in total. The van der Waals surface area contributed by atoms with Gasteiger partial charge in [-0.25, -0.2) is 0 Å². The van der Waals surface area contributed by atoms with Gasteiger partial charge in [0.25, 0.3) is 5.91 Å². The fourth-order valence-corrected chi connectivity index (χ4v) is 3.35. The lowest BCUT2D eigenvalue weighted by molar-refractivity contribution is -0.145. The van der Waals surface area contributed by atoms with Crippen LogP contribution in [0.5, 0.6) is 0 Å². The minimum absolute atomic E-state index is 0.109. The number of piperazine rings is 1. The van der Waals surface area contributed by atoms with Crippen molar-refractivity contribution < 1.29 is 14.6 Å². The largest absolute Gasteiger partial charge is 0.391 e. The standard InChI is InChI=1S/C16H30N2O3/c1-3-4-12-21-13(2)16(20)18-10-8-17(9-11-18)14-6-5-7-15(14)19/h13-15,19H,3-12H2,1-2H3/t13-,14-,15+/m1/s1. The van der Waals surface area contributed by atoms with E-state index in [-0.39, 0.29) is 18.1 Å². The van der Waals surface area contributed by atoms with Gasteiger partial charge in [0.1, 0.15) is 6.10 Å². The van der Waals surface area contributed by atoms with Crippen LogP contribution in [0.1, 0.15) is 46.0 Å². The van der Waals surface area contributed by atoms with Crippen molar-refractivity contribution in [2.45, 2.75) is 64.2 Å². The predicted molar refractivity (Wildman–Crippen MR) is 82.1 cm³/mol. The van der Waals surface area contributed by atoms with Gasteiger partial charge in [-0.1, -0.05) is 13.3 Å². The molecule has 0 aromatic carbocycles. The van der Waals surface area contributed by atoms with Crippen LogP contribution in [-0.4, -0.2) is 71.8 Å². The highest BCUT2D eigenvalue weighted by Gasteiger charge is 2.34. The van der Waals surface area contributed by atoms with E-state index in [1.54, 1.807) is 0 Å². The Morgan fingerprint density at radius 1 is 1.29 bits per heavy atom. The maximum absolute atomic E-state index is 12.3. The van der Waals surface area contributed by atoms with Crippen LogP contribution in [-0.2, 0) is 9.53 Å². The zero-order valence-corrected chi connectivity index (χ0v) is 13.5. The topological polar surface area (TPSA) is 53.0 Å². The van der Waals surface area contributed by atoms with Crippen LogP contribution in [0.15, 0.2) is 0 Å². The van der Waals surface area contributed by atoms with Crippen molar-refractivity contribution in [2.24, 2.45) is 0 Å². The third kappa shape index (κ3) is 4.41. The molecule has 1 heterocycles. The summed E-state index contributed by atoms with van der Waals surface area (Å²) in [5.74, 6) is 0.109. The zero-order valence-electron chi connectivity index (χ0n) is 13.5. The summed E-state index contributed by atoms with van der Waals surface area (Å²) in [5.41, 5.74) is 0. The number of rotatable bonds is 6. The SMILES string of the molecule is CCCCO[C@H](C)C(=O)N1CCN([C@@H]2CCC[C@@H]2O)CC1. The van der Waals surface area contributed by atoms with E-state index < -0.39 is 0 Å². The normalized spacial score (nSPS) is 28.8. The number of unbranched alkanes of at least 4 members (excludes halogenated alkanes) is 1. The average Bonchev–Trinajstić information content (AvgIpc) is 2.93. The molecule has 0 bridgehead atoms. The van der Waals surface area contributed by atoms with E-state index in [1.165, 1.54) is 0 Å². The van der Waals surface area contributed by atoms with Gasteiger partial charge in [0.2, 0.25) is 0 Å². The van der Waals surface area contributed by atoms with Crippen molar-refractivity contribution in [3.8, 4) is 0 Å². The lowest BCUT2D eigenvalue weighted by Gasteiger charge is -2.39. The first-order valence-corrected chi connectivity index (χ1v) is 8.46. The van der Waals surface area contributed by atoms with Crippen molar-refractivity contribution in [2.75, 3.05) is 32.8 Å². The van der Waals surface area contributed by atoms with Crippen LogP contribution < -0.4 is 0 Å². The molecule has 0 unspecified atom stereocenters. The summed E-state index contributed by atoms with van der Waals surface area (Å²) in [6, 6.07) is 0.306. The second-order valence-electron chi connectivity index (χ2n) is 6.29. The van der Waals surface area contributed by atoms with Gasteiger partial charge in [0.05, 0.1) is 6.10 Å². The molecule has 3 atom stereocenters. The van der Waals surface area contributed by atoms with Crippen LogP contribution in [0, 0.1) is 0 Å². The van der Waals surface area contributed by atoms with E-state index in [9.17, 15) is 9.90 Å². The molecule has 1 aliphatic heterocycles. The van der Waals surface area contributed by atoms with E-state index in [0.29, 0.717) is 12.6 Å². The molecule has 21 heavy (non-hydrogen) atoms. The summed E-state index contributed by atoms with van der Waals surface area (Å²) in [7, 11) is 0. The first-order chi connectivity index (χ1) is 10.1. The van der Waals surface area contributed by atoms with E-state index in [4.69, 9.17) is 4.74 Å². The number of ether oxygens (including phenoxy) is 1. The van der Waals surface area contributed by atoms with Crippen LogP contribution >= 0.6 is 0 Å². The van der Waals surface area contributed by atoms with Gasteiger partial charge in [0.15, 0.2) is 0 Å². The molecule has 0 aromatic rings. The molecule has 5 heteroatoms. The molecule has 1 saturated heterocycles. The second-order valence-corrected chi connectivity index (χ2v) is 6.29. The third-order valence-corrected chi connectivity index (χ3v) is 4.75. The predicted octanol–water partition coefficient (Wildman–Crippen LogP) is 1.25. The van der Waals surface area contributed by atoms with Gasteiger partial charge in [-0.05, 0) is 32.6 Å². The molecule has 5 nitrogen and oxygen atoms in total. The zero-order chi connectivity index (χ0) is 15.2. The van der Waals surface area contributed by atoms with Crippen molar-refractivity contribution in [3.05, 3.63) is 0 Å². The van der Waals surface area contributed by atoms with E-state index >= 15 is 0 Å². The summed E-state index contributed by atoms with van der Waals surface area (Å²) in [6.07, 6.45) is 4.71. The fourth-order valence-electron chi connectivity index (χ4n) is 3.35. The number of amides is 1. The molecule has 2 fully saturated rings. The maximum Gasteiger partial charge on any atom is 0.251 e. The quantitative estimate of drug-likeness (QED) is 0.750. The number of hydrogen-bond donors (Lipinski definition) is 1. The Balaban J connectivity index is 1.73. The number of hydrogen-bond acceptors (Lipinski definition) is 4. The molecule has 2 aliphatic rings. The summed E-state index contributed by atoms with van der Waals surface area (Å²) < 4.78 is 5.60. The van der Waals surface area contributed by atoms with Crippen LogP contribution in [0.2, 0.25) is 0 Å². The summed E-state index contributed by atoms with van der Waals surface area (Å²) in [5, 5.41) is 9.98. The molecular formula is C16H30N2O3. The van der Waals surface area contributed by atoms with E-state index in [0.717, 1.165) is 58.3 Å². The Morgan fingerprint density at radius 2 is 2.00 bits per heavy atom. The number of aliphatic hydroxyl groups excluding tert-OH is 1. The molecule has 0 spiro atoms. The average molecular weight is 298 g/mol. The Labute approximate surface area is 128 Å². The lowest BCUT2D eigenvalue weighted by Crippen LogP contribution is -2.55. The molecule has 0 radical (unpaired) electrons. The van der Waals surface area contributed by atoms with Crippen LogP contribution in [0.25, 0.3) is 0 Å². The van der Waals surface area contributed by atoms with E-state index in [1.807, 2.05) is 11.8 Å². The Bertz CT molecular complexity index is 329. The molecular weight excluding hydrogens is 268 g/mol. The van der Waals surface area contributed by atoms with Crippen LogP contribution in [0.3, 0.4) is 0 Å². The highest BCUT2D eigenvalue weighted by atomic mass is 16.5. The van der Waals surface area contributed by atoms with Crippen molar-refractivity contribution in [3.63, 3.8) is 0 Å². The molecule has 2 rings (SSSR count). The molecule has 1 aliphatic carbocycles. The number of carbonyl (C=O) groups excluding carboxylic acids is 1. The Morgan fingerprint density at radius 3 is 2.57 bits per heavy atom. The first-order valence-electron chi connectivity index (χ1n) is 8.46. The molecule has 1 saturated carbocycles. The molecule has 1 amide bonds. The minimum Gasteiger partial charge on any atom is -0.391 e. The summed E-state index contributed by atoms with van der Waals surface area (Å²) in [6.45, 7) is 7.88. The van der Waals surface area contributed by atoms with Crippen molar-refractivity contribution in [1.82, 2.24) is 9.80 Å². The van der Waals surface area contributed by atoms with Gasteiger partial charge < -0.3 is 14.7 Å². The monoisotopic (exact) mass is 298 g/mol. The molecule has 122 valence electrons. The Kier molecular flexibility index (Phi) is 6.45. The minimum atomic E-state index is -0.333.